The maximum absolute atomic E-state index is 12.2. The Labute approximate surface area is 230 Å². The number of amidine groups is 1. The molecule has 6 heteroatoms. The van der Waals surface area contributed by atoms with Crippen molar-refractivity contribution in [3.05, 3.63) is 107 Å². The standard InChI is InChI=1S/C32H34N4OS/c1-22(37)33-31-34-30-20-11-24(23-9-7-6-8-10-23)21-29(30)32(38-31,25-12-16-27(17-13-25)35(2)3)26-14-18-28(19-15-26)36(4)5/h7,9-21H,6,8H2,1-5H3,(H,33,34,37). The second-order valence-electron chi connectivity index (χ2n) is 10.1. The van der Waals surface area contributed by atoms with Gasteiger partial charge in [0.1, 0.15) is 4.75 Å². The third-order valence-electron chi connectivity index (χ3n) is 7.04. The van der Waals surface area contributed by atoms with Gasteiger partial charge in [-0.25, -0.2) is 4.99 Å². The molecule has 0 fully saturated rings. The number of hydrogen-bond donors (Lipinski definition) is 1. The van der Waals surface area contributed by atoms with E-state index in [1.807, 2.05) is 0 Å². The fourth-order valence-electron chi connectivity index (χ4n) is 5.04. The van der Waals surface area contributed by atoms with E-state index < -0.39 is 4.75 Å². The molecule has 0 bridgehead atoms. The highest BCUT2D eigenvalue weighted by molar-refractivity contribution is 8.15. The van der Waals surface area contributed by atoms with Gasteiger partial charge in [-0.05, 0) is 71.5 Å². The van der Waals surface area contributed by atoms with Crippen LogP contribution >= 0.6 is 11.8 Å². The van der Waals surface area contributed by atoms with Gasteiger partial charge in [0.25, 0.3) is 0 Å². The van der Waals surface area contributed by atoms with Crippen molar-refractivity contribution < 1.29 is 4.79 Å². The van der Waals surface area contributed by atoms with E-state index >= 15 is 0 Å². The summed E-state index contributed by atoms with van der Waals surface area (Å²) in [6.45, 7) is 1.53. The van der Waals surface area contributed by atoms with Crippen LogP contribution in [0.25, 0.3) is 5.57 Å². The predicted octanol–water partition coefficient (Wildman–Crippen LogP) is 6.71. The number of nitrogens with one attached hydrogen (secondary N) is 1. The molecular formula is C32H34N4OS. The number of carbonyl (C=O) groups excluding carboxylic acids is 1. The van der Waals surface area contributed by atoms with E-state index in [4.69, 9.17) is 4.99 Å². The van der Waals surface area contributed by atoms with Crippen molar-refractivity contribution in [2.45, 2.75) is 24.5 Å². The van der Waals surface area contributed by atoms with Crippen molar-refractivity contribution in [3.8, 4) is 0 Å². The number of carbonyl (C=O) groups is 1. The Kier molecular flexibility index (Phi) is 7.17. The first-order valence-electron chi connectivity index (χ1n) is 12.9. The molecule has 2 aliphatic rings. The van der Waals surface area contributed by atoms with Crippen LogP contribution < -0.4 is 15.1 Å². The van der Waals surface area contributed by atoms with Gasteiger partial charge >= 0.3 is 0 Å². The molecule has 5 rings (SSSR count). The lowest BCUT2D eigenvalue weighted by Crippen LogP contribution is -2.36. The molecule has 0 atom stereocenters. The molecule has 1 amide bonds. The van der Waals surface area contributed by atoms with E-state index in [-0.39, 0.29) is 5.91 Å². The third-order valence-corrected chi connectivity index (χ3v) is 8.42. The molecule has 5 nitrogen and oxygen atoms in total. The molecule has 1 aliphatic carbocycles. The largest absolute Gasteiger partial charge is 0.378 e. The number of nitrogens with zero attached hydrogens (tertiary/aromatic N) is 3. The van der Waals surface area contributed by atoms with Gasteiger partial charge in [-0.15, -0.1) is 0 Å². The highest BCUT2D eigenvalue weighted by atomic mass is 32.2. The Hall–Kier alpha value is -3.77. The summed E-state index contributed by atoms with van der Waals surface area (Å²) < 4.78 is -0.612. The number of allylic oxidation sites excluding steroid dienone is 4. The van der Waals surface area contributed by atoms with Crippen LogP contribution in [0.3, 0.4) is 0 Å². The van der Waals surface area contributed by atoms with E-state index in [0.29, 0.717) is 5.17 Å². The Morgan fingerprint density at radius 2 is 1.47 bits per heavy atom. The quantitative estimate of drug-likeness (QED) is 0.404. The number of rotatable bonds is 5. The zero-order chi connectivity index (χ0) is 26.9. The monoisotopic (exact) mass is 522 g/mol. The van der Waals surface area contributed by atoms with Crippen LogP contribution in [0.15, 0.2) is 90.0 Å². The lowest BCUT2D eigenvalue weighted by Gasteiger charge is -2.39. The van der Waals surface area contributed by atoms with Gasteiger partial charge in [0.2, 0.25) is 5.91 Å². The number of amides is 1. The molecule has 0 spiro atoms. The summed E-state index contributed by atoms with van der Waals surface area (Å²) in [6.07, 6.45) is 8.89. The molecule has 0 saturated carbocycles. The summed E-state index contributed by atoms with van der Waals surface area (Å²) in [7, 11) is 8.20. The summed E-state index contributed by atoms with van der Waals surface area (Å²) in [5.41, 5.74) is 8.93. The predicted molar refractivity (Wildman–Crippen MR) is 163 cm³/mol. The number of hydrogen-bond acceptors (Lipinski definition) is 5. The van der Waals surface area contributed by atoms with Crippen molar-refractivity contribution in [1.82, 2.24) is 5.32 Å². The first-order chi connectivity index (χ1) is 18.3. The van der Waals surface area contributed by atoms with Crippen molar-refractivity contribution in [2.24, 2.45) is 4.99 Å². The lowest BCUT2D eigenvalue weighted by molar-refractivity contribution is -0.117. The van der Waals surface area contributed by atoms with Gasteiger partial charge in [-0.2, -0.15) is 0 Å². The van der Waals surface area contributed by atoms with Crippen LogP contribution in [0, 0.1) is 0 Å². The van der Waals surface area contributed by atoms with Crippen LogP contribution in [0.4, 0.5) is 17.1 Å². The van der Waals surface area contributed by atoms with E-state index in [9.17, 15) is 4.79 Å². The van der Waals surface area contributed by atoms with Gasteiger partial charge in [0, 0.05) is 52.1 Å². The molecule has 0 saturated heterocycles. The molecule has 1 heterocycles. The van der Waals surface area contributed by atoms with Crippen molar-refractivity contribution in [2.75, 3.05) is 38.0 Å². The van der Waals surface area contributed by atoms with Gasteiger partial charge in [0.05, 0.1) is 5.69 Å². The minimum absolute atomic E-state index is 0.131. The van der Waals surface area contributed by atoms with Gasteiger partial charge in [0.15, 0.2) is 5.17 Å². The third kappa shape index (κ3) is 4.88. The number of aliphatic imine (C=N–C) groups is 1. The Bertz CT molecular complexity index is 1380. The smallest absolute Gasteiger partial charge is 0.222 e. The SMILES string of the molecule is CC(=O)NC1=Nc2ccc(C3=CCCC=C3)cc2C(c2ccc(N(C)C)cc2)(c2ccc(N(C)C)cc2)S1. The maximum Gasteiger partial charge on any atom is 0.222 e. The topological polar surface area (TPSA) is 47.9 Å². The Morgan fingerprint density at radius 1 is 0.868 bits per heavy atom. The average Bonchev–Trinajstić information content (AvgIpc) is 2.92. The first kappa shape index (κ1) is 25.9. The Morgan fingerprint density at radius 3 is 1.97 bits per heavy atom. The molecule has 38 heavy (non-hydrogen) atoms. The summed E-state index contributed by atoms with van der Waals surface area (Å²) >= 11 is 1.59. The van der Waals surface area contributed by atoms with Crippen molar-refractivity contribution in [1.29, 1.82) is 0 Å². The zero-order valence-corrected chi connectivity index (χ0v) is 23.5. The highest BCUT2D eigenvalue weighted by Gasteiger charge is 2.43. The minimum Gasteiger partial charge on any atom is -0.378 e. The van der Waals surface area contributed by atoms with Gasteiger partial charge in [-0.3, -0.25) is 4.79 Å². The fourth-order valence-corrected chi connectivity index (χ4v) is 6.45. The molecule has 0 radical (unpaired) electrons. The maximum atomic E-state index is 12.2. The van der Waals surface area contributed by atoms with Gasteiger partial charge in [-0.1, -0.05) is 60.3 Å². The summed E-state index contributed by atoms with van der Waals surface area (Å²) in [6, 6.07) is 24.0. The van der Waals surface area contributed by atoms with Crippen molar-refractivity contribution >= 4 is 45.5 Å². The number of anilines is 2. The van der Waals surface area contributed by atoms with Crippen LogP contribution in [-0.2, 0) is 9.54 Å². The molecule has 3 aromatic rings. The molecule has 194 valence electrons. The summed E-state index contributed by atoms with van der Waals surface area (Å²) in [5.74, 6) is -0.131. The summed E-state index contributed by atoms with van der Waals surface area (Å²) in [4.78, 5) is 21.3. The normalized spacial score (nSPS) is 15.7. The molecule has 3 aromatic carbocycles. The Balaban J connectivity index is 1.78. The minimum atomic E-state index is -0.612. The van der Waals surface area contributed by atoms with E-state index in [0.717, 1.165) is 46.6 Å². The van der Waals surface area contributed by atoms with Crippen LogP contribution in [0.5, 0.6) is 0 Å². The van der Waals surface area contributed by atoms with Crippen molar-refractivity contribution in [3.63, 3.8) is 0 Å². The molecule has 1 aliphatic heterocycles. The summed E-state index contributed by atoms with van der Waals surface area (Å²) in [5, 5.41) is 3.59. The first-order valence-corrected chi connectivity index (χ1v) is 13.7. The molecule has 1 N–H and O–H groups in total. The van der Waals surface area contributed by atoms with Crippen LogP contribution in [-0.4, -0.2) is 39.3 Å². The molecule has 0 aromatic heterocycles. The zero-order valence-electron chi connectivity index (χ0n) is 22.7. The molecule has 0 unspecified atom stereocenters. The average molecular weight is 523 g/mol. The van der Waals surface area contributed by atoms with Crippen LogP contribution in [0.2, 0.25) is 0 Å². The lowest BCUT2D eigenvalue weighted by atomic mass is 9.81. The van der Waals surface area contributed by atoms with E-state index in [2.05, 4.69) is 128 Å². The fraction of sp³-hybridized carbons (Fsp3) is 0.250. The number of fused-ring (bicyclic) bond motifs is 1. The van der Waals surface area contributed by atoms with E-state index in [1.165, 1.54) is 18.1 Å². The number of benzene rings is 3. The van der Waals surface area contributed by atoms with Gasteiger partial charge < -0.3 is 15.1 Å². The van der Waals surface area contributed by atoms with Crippen LogP contribution in [0.1, 0.15) is 42.0 Å². The second-order valence-corrected chi connectivity index (χ2v) is 11.3. The van der Waals surface area contributed by atoms with E-state index in [1.54, 1.807) is 11.8 Å². The highest BCUT2D eigenvalue weighted by Crippen LogP contribution is 2.55. The number of thioether (sulfide) groups is 1. The molecular weight excluding hydrogens is 488 g/mol. The second kappa shape index (κ2) is 10.5.